The van der Waals surface area contributed by atoms with Crippen LogP contribution in [0.15, 0.2) is 30.3 Å². The van der Waals surface area contributed by atoms with E-state index in [0.717, 1.165) is 5.69 Å². The van der Waals surface area contributed by atoms with Crippen molar-refractivity contribution in [3.8, 4) is 0 Å². The number of benzene rings is 1. The third-order valence-electron chi connectivity index (χ3n) is 3.23. The van der Waals surface area contributed by atoms with Crippen molar-refractivity contribution in [2.24, 2.45) is 11.8 Å². The molecule has 0 spiro atoms. The van der Waals surface area contributed by atoms with E-state index in [9.17, 15) is 9.59 Å². The molecule has 20 heavy (non-hydrogen) atoms. The van der Waals surface area contributed by atoms with Gasteiger partial charge < -0.3 is 5.32 Å². The zero-order valence-corrected chi connectivity index (χ0v) is 11.9. The van der Waals surface area contributed by atoms with E-state index in [1.54, 1.807) is 5.48 Å². The Hall–Kier alpha value is -1.88. The Morgan fingerprint density at radius 2 is 1.85 bits per heavy atom. The first-order valence-corrected chi connectivity index (χ1v) is 6.81. The van der Waals surface area contributed by atoms with Gasteiger partial charge in [-0.05, 0) is 30.9 Å². The van der Waals surface area contributed by atoms with Gasteiger partial charge in [0, 0.05) is 18.0 Å². The van der Waals surface area contributed by atoms with Crippen molar-refractivity contribution in [1.29, 1.82) is 0 Å². The van der Waals surface area contributed by atoms with Crippen molar-refractivity contribution in [1.82, 2.24) is 5.48 Å². The van der Waals surface area contributed by atoms with E-state index < -0.39 is 5.91 Å². The van der Waals surface area contributed by atoms with Gasteiger partial charge in [0.25, 0.3) is 0 Å². The molecule has 0 aliphatic carbocycles. The number of hydroxylamine groups is 1. The van der Waals surface area contributed by atoms with Gasteiger partial charge >= 0.3 is 0 Å². The fraction of sp³-hybridized carbons (Fsp3) is 0.467. The minimum atomic E-state index is -0.391. The molecule has 2 unspecified atom stereocenters. The van der Waals surface area contributed by atoms with Crippen LogP contribution in [0.25, 0.3) is 0 Å². The van der Waals surface area contributed by atoms with Gasteiger partial charge in [-0.1, -0.05) is 32.0 Å². The first-order chi connectivity index (χ1) is 9.52. The van der Waals surface area contributed by atoms with E-state index in [1.807, 2.05) is 44.2 Å². The highest BCUT2D eigenvalue weighted by Gasteiger charge is 2.17. The third kappa shape index (κ3) is 5.84. The number of rotatable bonds is 7. The lowest BCUT2D eigenvalue weighted by Gasteiger charge is -2.16. The van der Waals surface area contributed by atoms with Crippen LogP contribution < -0.4 is 10.8 Å². The fourth-order valence-electron chi connectivity index (χ4n) is 2.05. The minimum Gasteiger partial charge on any atom is -0.326 e. The Morgan fingerprint density at radius 1 is 1.20 bits per heavy atom. The maximum atomic E-state index is 12.0. The minimum absolute atomic E-state index is 0.0188. The van der Waals surface area contributed by atoms with Gasteiger partial charge in [-0.25, -0.2) is 5.48 Å². The monoisotopic (exact) mass is 278 g/mol. The summed E-state index contributed by atoms with van der Waals surface area (Å²) in [6.07, 6.45) is 1.62. The van der Waals surface area contributed by atoms with Crippen molar-refractivity contribution < 1.29 is 14.8 Å². The van der Waals surface area contributed by atoms with Crippen LogP contribution in [-0.4, -0.2) is 17.0 Å². The molecule has 0 fully saturated rings. The number of nitrogens with one attached hydrogen (secondary N) is 2. The van der Waals surface area contributed by atoms with Gasteiger partial charge in [-0.2, -0.15) is 0 Å². The van der Waals surface area contributed by atoms with Crippen LogP contribution in [0.2, 0.25) is 0 Å². The molecule has 0 heterocycles. The van der Waals surface area contributed by atoms with Gasteiger partial charge in [0.1, 0.15) is 0 Å². The summed E-state index contributed by atoms with van der Waals surface area (Å²) in [6.45, 7) is 3.87. The molecule has 0 saturated carbocycles. The summed E-state index contributed by atoms with van der Waals surface area (Å²) in [5.41, 5.74) is 2.40. The summed E-state index contributed by atoms with van der Waals surface area (Å²) in [5, 5.41) is 11.3. The van der Waals surface area contributed by atoms with Gasteiger partial charge in [-0.15, -0.1) is 0 Å². The van der Waals surface area contributed by atoms with E-state index in [2.05, 4.69) is 5.32 Å². The van der Waals surface area contributed by atoms with Gasteiger partial charge in [-0.3, -0.25) is 14.8 Å². The zero-order valence-electron chi connectivity index (χ0n) is 11.9. The second-order valence-corrected chi connectivity index (χ2v) is 5.17. The second-order valence-electron chi connectivity index (χ2n) is 5.17. The number of hydrogen-bond donors (Lipinski definition) is 3. The number of hydrogen-bond acceptors (Lipinski definition) is 3. The number of para-hydroxylation sites is 1. The molecule has 2 amide bonds. The maximum Gasteiger partial charge on any atom is 0.243 e. The first-order valence-electron chi connectivity index (χ1n) is 6.81. The van der Waals surface area contributed by atoms with Crippen molar-refractivity contribution in [3.63, 3.8) is 0 Å². The Bertz CT molecular complexity index is 434. The van der Waals surface area contributed by atoms with Gasteiger partial charge in [0.2, 0.25) is 11.8 Å². The molecule has 0 aliphatic heterocycles. The average molecular weight is 278 g/mol. The molecule has 5 nitrogen and oxygen atoms in total. The van der Waals surface area contributed by atoms with E-state index >= 15 is 0 Å². The maximum absolute atomic E-state index is 12.0. The number of amides is 2. The van der Waals surface area contributed by atoms with Crippen molar-refractivity contribution in [2.75, 3.05) is 5.32 Å². The summed E-state index contributed by atoms with van der Waals surface area (Å²) in [4.78, 5) is 22.9. The lowest BCUT2D eigenvalue weighted by molar-refractivity contribution is -0.129. The molecule has 110 valence electrons. The number of carbonyl (C=O) groups is 2. The molecule has 1 aromatic carbocycles. The topological polar surface area (TPSA) is 78.4 Å². The van der Waals surface area contributed by atoms with Crippen molar-refractivity contribution >= 4 is 17.5 Å². The highest BCUT2D eigenvalue weighted by atomic mass is 16.5. The van der Waals surface area contributed by atoms with E-state index in [0.29, 0.717) is 12.8 Å². The molecule has 0 aliphatic rings. The Labute approximate surface area is 119 Å². The van der Waals surface area contributed by atoms with Gasteiger partial charge in [0.15, 0.2) is 0 Å². The Kier molecular flexibility index (Phi) is 6.73. The second kappa shape index (κ2) is 8.32. The predicted molar refractivity (Wildman–Crippen MR) is 77.2 cm³/mol. The molecule has 0 aromatic heterocycles. The summed E-state index contributed by atoms with van der Waals surface area (Å²) < 4.78 is 0. The normalized spacial score (nSPS) is 13.3. The first kappa shape index (κ1) is 16.2. The predicted octanol–water partition coefficient (Wildman–Crippen LogP) is 2.57. The average Bonchev–Trinajstić information content (AvgIpc) is 2.45. The van der Waals surface area contributed by atoms with E-state index in [4.69, 9.17) is 5.21 Å². The van der Waals surface area contributed by atoms with Crippen LogP contribution in [0.5, 0.6) is 0 Å². The zero-order chi connectivity index (χ0) is 15.0. The van der Waals surface area contributed by atoms with Crippen LogP contribution in [-0.2, 0) is 9.59 Å². The van der Waals surface area contributed by atoms with E-state index in [-0.39, 0.29) is 24.2 Å². The third-order valence-corrected chi connectivity index (χ3v) is 3.23. The summed E-state index contributed by atoms with van der Waals surface area (Å²) in [7, 11) is 0. The number of carbonyl (C=O) groups excluding carboxylic acids is 2. The van der Waals surface area contributed by atoms with Crippen LogP contribution >= 0.6 is 0 Å². The summed E-state index contributed by atoms with van der Waals surface area (Å²) >= 11 is 0. The molecule has 0 saturated heterocycles. The molecule has 1 rings (SSSR count). The molecular weight excluding hydrogens is 256 g/mol. The molecule has 2 atom stereocenters. The SMILES string of the molecule is CC(CCC(=O)NO)CC(C)C(=O)Nc1ccccc1. The van der Waals surface area contributed by atoms with Crippen molar-refractivity contribution in [3.05, 3.63) is 30.3 Å². The molecule has 1 aromatic rings. The Morgan fingerprint density at radius 3 is 2.45 bits per heavy atom. The standard InChI is InChI=1S/C15H22N2O3/c1-11(8-9-14(18)17-20)10-12(2)15(19)16-13-6-4-3-5-7-13/h3-7,11-12,20H,8-10H2,1-2H3,(H,16,19)(H,17,18). The molecule has 5 heteroatoms. The summed E-state index contributed by atoms with van der Waals surface area (Å²) in [6, 6.07) is 9.33. The summed E-state index contributed by atoms with van der Waals surface area (Å²) in [5.74, 6) is -0.292. The molecule has 0 bridgehead atoms. The van der Waals surface area contributed by atoms with Crippen LogP contribution in [0.3, 0.4) is 0 Å². The number of anilines is 1. The molecule has 0 radical (unpaired) electrons. The Balaban J connectivity index is 2.36. The molecular formula is C15H22N2O3. The van der Waals surface area contributed by atoms with E-state index in [1.165, 1.54) is 0 Å². The fourth-order valence-corrected chi connectivity index (χ4v) is 2.05. The quantitative estimate of drug-likeness (QED) is 0.530. The van der Waals surface area contributed by atoms with Crippen LogP contribution in [0.1, 0.15) is 33.1 Å². The van der Waals surface area contributed by atoms with Crippen LogP contribution in [0.4, 0.5) is 5.69 Å². The largest absolute Gasteiger partial charge is 0.326 e. The molecule has 3 N–H and O–H groups in total. The highest BCUT2D eigenvalue weighted by Crippen LogP contribution is 2.18. The van der Waals surface area contributed by atoms with Crippen molar-refractivity contribution in [2.45, 2.75) is 33.1 Å². The highest BCUT2D eigenvalue weighted by molar-refractivity contribution is 5.92. The smallest absolute Gasteiger partial charge is 0.243 e. The lowest BCUT2D eigenvalue weighted by Crippen LogP contribution is -2.23. The van der Waals surface area contributed by atoms with Crippen LogP contribution in [0, 0.1) is 11.8 Å². The van der Waals surface area contributed by atoms with Gasteiger partial charge in [0.05, 0.1) is 0 Å². The lowest BCUT2D eigenvalue weighted by atomic mass is 9.93.